The Labute approximate surface area is 114 Å². The molecule has 1 saturated carbocycles. The van der Waals surface area contributed by atoms with Gasteiger partial charge in [0.05, 0.1) is 0 Å². The van der Waals surface area contributed by atoms with Crippen LogP contribution in [0.5, 0.6) is 0 Å². The summed E-state index contributed by atoms with van der Waals surface area (Å²) in [4.78, 5) is 6.07. The summed E-state index contributed by atoms with van der Waals surface area (Å²) in [6.45, 7) is 3.91. The second-order valence-corrected chi connectivity index (χ2v) is 5.75. The minimum Gasteiger partial charge on any atom is -0.357 e. The van der Waals surface area contributed by atoms with E-state index in [1.54, 1.807) is 0 Å². The first kappa shape index (κ1) is 13.4. The number of nitrogens with one attached hydrogen (secondary N) is 2. The van der Waals surface area contributed by atoms with Crippen molar-refractivity contribution in [3.63, 3.8) is 0 Å². The number of nitrogens with zero attached hydrogens (tertiary/aromatic N) is 1. The zero-order chi connectivity index (χ0) is 12.6. The molecular formula is C14H23N3S. The van der Waals surface area contributed by atoms with E-state index in [0.717, 1.165) is 25.5 Å². The normalized spacial score (nSPS) is 17.1. The van der Waals surface area contributed by atoms with Crippen molar-refractivity contribution in [3.8, 4) is 0 Å². The van der Waals surface area contributed by atoms with Gasteiger partial charge in [-0.25, -0.2) is 0 Å². The molecule has 2 rings (SSSR count). The van der Waals surface area contributed by atoms with Crippen LogP contribution in [0.3, 0.4) is 0 Å². The van der Waals surface area contributed by atoms with Crippen LogP contribution in [0.2, 0.25) is 0 Å². The van der Waals surface area contributed by atoms with E-state index in [9.17, 15) is 0 Å². The Balaban J connectivity index is 1.79. The fourth-order valence-corrected chi connectivity index (χ4v) is 3.01. The molecule has 1 aromatic rings. The summed E-state index contributed by atoms with van der Waals surface area (Å²) in [5.41, 5.74) is 0. The highest BCUT2D eigenvalue weighted by atomic mass is 32.1. The van der Waals surface area contributed by atoms with Crippen molar-refractivity contribution in [2.75, 3.05) is 13.1 Å². The molecular weight excluding hydrogens is 242 g/mol. The third-order valence-electron chi connectivity index (χ3n) is 3.25. The molecule has 3 nitrogen and oxygen atoms in total. The van der Waals surface area contributed by atoms with Gasteiger partial charge in [0.2, 0.25) is 0 Å². The number of rotatable bonds is 5. The Morgan fingerprint density at radius 1 is 1.44 bits per heavy atom. The van der Waals surface area contributed by atoms with Crippen molar-refractivity contribution in [3.05, 3.63) is 22.4 Å². The minimum absolute atomic E-state index is 0.629. The zero-order valence-corrected chi connectivity index (χ0v) is 11.9. The molecule has 0 aromatic carbocycles. The molecule has 0 unspecified atom stereocenters. The number of aliphatic imine (C=N–C) groups is 1. The topological polar surface area (TPSA) is 36.4 Å². The quantitative estimate of drug-likeness (QED) is 0.634. The van der Waals surface area contributed by atoms with Gasteiger partial charge in [-0.2, -0.15) is 0 Å². The third kappa shape index (κ3) is 4.33. The van der Waals surface area contributed by atoms with Gasteiger partial charge in [-0.15, -0.1) is 11.3 Å². The van der Waals surface area contributed by atoms with Crippen LogP contribution in [-0.4, -0.2) is 25.1 Å². The molecule has 100 valence electrons. The molecule has 1 fully saturated rings. The van der Waals surface area contributed by atoms with Gasteiger partial charge in [0.1, 0.15) is 0 Å². The van der Waals surface area contributed by atoms with Crippen molar-refractivity contribution in [1.82, 2.24) is 10.6 Å². The van der Waals surface area contributed by atoms with Crippen molar-refractivity contribution >= 4 is 17.3 Å². The molecule has 1 aliphatic carbocycles. The molecule has 1 aromatic heterocycles. The van der Waals surface area contributed by atoms with Crippen LogP contribution in [-0.2, 0) is 6.42 Å². The van der Waals surface area contributed by atoms with Crippen molar-refractivity contribution in [1.29, 1.82) is 0 Å². The van der Waals surface area contributed by atoms with E-state index in [2.05, 4.69) is 40.1 Å². The van der Waals surface area contributed by atoms with E-state index in [1.807, 2.05) is 11.3 Å². The second-order valence-electron chi connectivity index (χ2n) is 4.72. The summed E-state index contributed by atoms with van der Waals surface area (Å²) in [5.74, 6) is 0.987. The molecule has 1 aliphatic rings. The highest BCUT2D eigenvalue weighted by molar-refractivity contribution is 7.09. The monoisotopic (exact) mass is 265 g/mol. The maximum atomic E-state index is 4.65. The zero-order valence-electron chi connectivity index (χ0n) is 11.1. The minimum atomic E-state index is 0.629. The van der Waals surface area contributed by atoms with Gasteiger partial charge in [-0.05, 0) is 31.2 Å². The number of thiophene rings is 1. The summed E-state index contributed by atoms with van der Waals surface area (Å²) >= 11 is 1.81. The summed E-state index contributed by atoms with van der Waals surface area (Å²) in [6, 6.07) is 4.91. The van der Waals surface area contributed by atoms with Gasteiger partial charge in [-0.1, -0.05) is 18.9 Å². The first-order chi connectivity index (χ1) is 8.88. The lowest BCUT2D eigenvalue weighted by Gasteiger charge is -2.16. The SMILES string of the molecule is CCNC(=NCCc1cccs1)NC1CCCC1. The summed E-state index contributed by atoms with van der Waals surface area (Å²) in [7, 11) is 0. The predicted molar refractivity (Wildman–Crippen MR) is 79.4 cm³/mol. The maximum absolute atomic E-state index is 4.65. The van der Waals surface area contributed by atoms with Crippen LogP contribution in [0.25, 0.3) is 0 Å². The van der Waals surface area contributed by atoms with E-state index in [-0.39, 0.29) is 0 Å². The van der Waals surface area contributed by atoms with Crippen LogP contribution in [0, 0.1) is 0 Å². The first-order valence-electron chi connectivity index (χ1n) is 6.95. The van der Waals surface area contributed by atoms with Crippen LogP contribution < -0.4 is 10.6 Å². The van der Waals surface area contributed by atoms with E-state index >= 15 is 0 Å². The molecule has 0 radical (unpaired) electrons. The maximum Gasteiger partial charge on any atom is 0.191 e. The second kappa shape index (κ2) is 7.41. The lowest BCUT2D eigenvalue weighted by molar-refractivity contribution is 0.614. The average Bonchev–Trinajstić information content (AvgIpc) is 3.02. The Bertz CT molecular complexity index is 353. The summed E-state index contributed by atoms with van der Waals surface area (Å²) in [6.07, 6.45) is 6.32. The van der Waals surface area contributed by atoms with Gasteiger partial charge in [0.25, 0.3) is 0 Å². The molecule has 0 atom stereocenters. The summed E-state index contributed by atoms with van der Waals surface area (Å²) < 4.78 is 0. The molecule has 0 aliphatic heterocycles. The first-order valence-corrected chi connectivity index (χ1v) is 7.83. The van der Waals surface area contributed by atoms with Crippen LogP contribution in [0.4, 0.5) is 0 Å². The third-order valence-corrected chi connectivity index (χ3v) is 4.18. The average molecular weight is 265 g/mol. The Hall–Kier alpha value is -1.03. The van der Waals surface area contributed by atoms with Crippen LogP contribution in [0.15, 0.2) is 22.5 Å². The Kier molecular flexibility index (Phi) is 5.52. The number of hydrogen-bond acceptors (Lipinski definition) is 2. The van der Waals surface area contributed by atoms with Crippen molar-refractivity contribution in [2.24, 2.45) is 4.99 Å². The lowest BCUT2D eigenvalue weighted by Crippen LogP contribution is -2.42. The van der Waals surface area contributed by atoms with Crippen LogP contribution in [0.1, 0.15) is 37.5 Å². The van der Waals surface area contributed by atoms with E-state index in [4.69, 9.17) is 0 Å². The van der Waals surface area contributed by atoms with E-state index in [0.29, 0.717) is 6.04 Å². The van der Waals surface area contributed by atoms with Crippen molar-refractivity contribution < 1.29 is 0 Å². The van der Waals surface area contributed by atoms with Crippen molar-refractivity contribution in [2.45, 2.75) is 45.1 Å². The lowest BCUT2D eigenvalue weighted by atomic mass is 10.2. The van der Waals surface area contributed by atoms with E-state index in [1.165, 1.54) is 30.6 Å². The molecule has 4 heteroatoms. The predicted octanol–water partition coefficient (Wildman–Crippen LogP) is 2.79. The van der Waals surface area contributed by atoms with Crippen LogP contribution >= 0.6 is 11.3 Å². The van der Waals surface area contributed by atoms with Gasteiger partial charge in [0, 0.05) is 30.4 Å². The van der Waals surface area contributed by atoms with Gasteiger partial charge in [-0.3, -0.25) is 4.99 Å². The van der Waals surface area contributed by atoms with Gasteiger partial charge >= 0.3 is 0 Å². The summed E-state index contributed by atoms with van der Waals surface area (Å²) in [5, 5.41) is 9.00. The van der Waals surface area contributed by atoms with Gasteiger partial charge < -0.3 is 10.6 Å². The molecule has 0 amide bonds. The van der Waals surface area contributed by atoms with Gasteiger partial charge in [0.15, 0.2) is 5.96 Å². The molecule has 18 heavy (non-hydrogen) atoms. The largest absolute Gasteiger partial charge is 0.357 e. The number of hydrogen-bond donors (Lipinski definition) is 2. The molecule has 1 heterocycles. The Morgan fingerprint density at radius 3 is 2.94 bits per heavy atom. The molecule has 0 bridgehead atoms. The highest BCUT2D eigenvalue weighted by Crippen LogP contribution is 2.17. The number of guanidine groups is 1. The smallest absolute Gasteiger partial charge is 0.191 e. The molecule has 2 N–H and O–H groups in total. The Morgan fingerprint density at radius 2 is 2.28 bits per heavy atom. The van der Waals surface area contributed by atoms with E-state index < -0.39 is 0 Å². The fraction of sp³-hybridized carbons (Fsp3) is 0.643. The highest BCUT2D eigenvalue weighted by Gasteiger charge is 2.15. The fourth-order valence-electron chi connectivity index (χ4n) is 2.32. The standard InChI is InChI=1S/C14H23N3S/c1-2-15-14(17-12-6-3-4-7-12)16-10-9-13-8-5-11-18-13/h5,8,11-12H,2-4,6-7,9-10H2,1H3,(H2,15,16,17). The molecule has 0 saturated heterocycles. The molecule has 0 spiro atoms.